The lowest BCUT2D eigenvalue weighted by molar-refractivity contribution is 0.668. The van der Waals surface area contributed by atoms with Crippen LogP contribution in [0.2, 0.25) is 0 Å². The normalized spacial score (nSPS) is 11.7. The molecule has 0 N–H and O–H groups in total. The van der Waals surface area contributed by atoms with Crippen molar-refractivity contribution in [1.29, 1.82) is 0 Å². The molecule has 0 bridgehead atoms. The van der Waals surface area contributed by atoms with Crippen LogP contribution < -0.4 is 0 Å². The lowest BCUT2D eigenvalue weighted by Crippen LogP contribution is -2.00. The Morgan fingerprint density at radius 2 is 0.778 bits per heavy atom. The molecule has 0 fully saturated rings. The van der Waals surface area contributed by atoms with Crippen molar-refractivity contribution < 1.29 is 8.83 Å². The molecule has 8 aromatic carbocycles. The highest BCUT2D eigenvalue weighted by Crippen LogP contribution is 2.40. The molecule has 0 aliphatic carbocycles. The molecule has 54 heavy (non-hydrogen) atoms. The number of aromatic nitrogens is 3. The van der Waals surface area contributed by atoms with E-state index >= 15 is 0 Å². The lowest BCUT2D eigenvalue weighted by atomic mass is 9.99. The van der Waals surface area contributed by atoms with Gasteiger partial charge in [0.1, 0.15) is 22.3 Å². The van der Waals surface area contributed by atoms with E-state index < -0.39 is 0 Å². The standard InChI is InChI=1S/C49H29N3O2/c1-3-11-30(12-4-1)32-21-22-34-28-36(24-23-33(34)27-32)47-50-48(39-16-9-19-42-45(39)37-15-7-8-18-41(37)53-42)52-49(51-47)40-17-10-20-43-46(40)38-26-25-35(29-44(38)54-43)31-13-5-2-6-14-31/h1-29H. The van der Waals surface area contributed by atoms with Gasteiger partial charge in [-0.15, -0.1) is 0 Å². The van der Waals surface area contributed by atoms with Gasteiger partial charge in [0, 0.05) is 38.2 Å². The minimum Gasteiger partial charge on any atom is -0.456 e. The van der Waals surface area contributed by atoms with Gasteiger partial charge >= 0.3 is 0 Å². The molecule has 0 aliphatic rings. The van der Waals surface area contributed by atoms with E-state index in [4.69, 9.17) is 23.8 Å². The molecule has 0 amide bonds. The maximum atomic E-state index is 6.51. The summed E-state index contributed by atoms with van der Waals surface area (Å²) in [7, 11) is 0. The van der Waals surface area contributed by atoms with Gasteiger partial charge in [0.05, 0.1) is 0 Å². The average Bonchev–Trinajstić information content (AvgIpc) is 3.82. The molecule has 0 radical (unpaired) electrons. The maximum absolute atomic E-state index is 6.51. The summed E-state index contributed by atoms with van der Waals surface area (Å²) >= 11 is 0. The van der Waals surface area contributed by atoms with Gasteiger partial charge in [-0.05, 0) is 75.5 Å². The van der Waals surface area contributed by atoms with E-state index in [-0.39, 0.29) is 0 Å². The fourth-order valence-corrected chi connectivity index (χ4v) is 7.72. The van der Waals surface area contributed by atoms with Crippen molar-refractivity contribution in [3.05, 3.63) is 176 Å². The summed E-state index contributed by atoms with van der Waals surface area (Å²) in [6.45, 7) is 0. The Kier molecular flexibility index (Phi) is 6.79. The van der Waals surface area contributed by atoms with Gasteiger partial charge in [-0.2, -0.15) is 0 Å². The third-order valence-electron chi connectivity index (χ3n) is 10.3. The van der Waals surface area contributed by atoms with Gasteiger partial charge in [0.15, 0.2) is 17.5 Å². The Labute approximate surface area is 309 Å². The van der Waals surface area contributed by atoms with Crippen LogP contribution in [0.4, 0.5) is 0 Å². The second-order valence-corrected chi connectivity index (χ2v) is 13.6. The van der Waals surface area contributed by atoms with E-state index in [1.807, 2.05) is 54.6 Å². The summed E-state index contributed by atoms with van der Waals surface area (Å²) in [6.07, 6.45) is 0. The lowest BCUT2D eigenvalue weighted by Gasteiger charge is -2.11. The summed E-state index contributed by atoms with van der Waals surface area (Å²) in [4.78, 5) is 15.7. The largest absolute Gasteiger partial charge is 0.456 e. The maximum Gasteiger partial charge on any atom is 0.164 e. The molecular formula is C49H29N3O2. The van der Waals surface area contributed by atoms with Crippen molar-refractivity contribution in [3.63, 3.8) is 0 Å². The average molecular weight is 692 g/mol. The number of para-hydroxylation sites is 1. The van der Waals surface area contributed by atoms with Gasteiger partial charge in [-0.25, -0.2) is 15.0 Å². The molecule has 0 spiro atoms. The van der Waals surface area contributed by atoms with Crippen molar-refractivity contribution in [3.8, 4) is 56.4 Å². The summed E-state index contributed by atoms with van der Waals surface area (Å²) in [5, 5.41) is 6.22. The van der Waals surface area contributed by atoms with Gasteiger partial charge < -0.3 is 8.83 Å². The molecule has 3 heterocycles. The molecule has 11 aromatic rings. The zero-order chi connectivity index (χ0) is 35.6. The Hall–Kier alpha value is -7.37. The van der Waals surface area contributed by atoms with Crippen molar-refractivity contribution in [1.82, 2.24) is 15.0 Å². The highest BCUT2D eigenvalue weighted by molar-refractivity contribution is 6.13. The number of rotatable bonds is 5. The first kappa shape index (κ1) is 30.3. The second kappa shape index (κ2) is 12.1. The minimum atomic E-state index is 0.569. The smallest absolute Gasteiger partial charge is 0.164 e. The minimum absolute atomic E-state index is 0.569. The molecule has 0 unspecified atom stereocenters. The van der Waals surface area contributed by atoms with Gasteiger partial charge in [0.25, 0.3) is 0 Å². The molecule has 0 aliphatic heterocycles. The van der Waals surface area contributed by atoms with Crippen molar-refractivity contribution in [2.24, 2.45) is 0 Å². The number of furan rings is 2. The third-order valence-corrected chi connectivity index (χ3v) is 10.3. The van der Waals surface area contributed by atoms with E-state index in [0.29, 0.717) is 17.5 Å². The van der Waals surface area contributed by atoms with E-state index in [0.717, 1.165) is 82.5 Å². The zero-order valence-electron chi connectivity index (χ0n) is 28.9. The number of nitrogens with zero attached hydrogens (tertiary/aromatic N) is 3. The second-order valence-electron chi connectivity index (χ2n) is 13.6. The first-order chi connectivity index (χ1) is 26.7. The number of benzene rings is 8. The molecule has 252 valence electrons. The van der Waals surface area contributed by atoms with Crippen molar-refractivity contribution in [2.75, 3.05) is 0 Å². The summed E-state index contributed by atoms with van der Waals surface area (Å²) < 4.78 is 12.8. The number of hydrogen-bond acceptors (Lipinski definition) is 5. The summed E-state index contributed by atoms with van der Waals surface area (Å²) in [5.41, 5.74) is 10.5. The monoisotopic (exact) mass is 691 g/mol. The van der Waals surface area contributed by atoms with E-state index in [2.05, 4.69) is 121 Å². The van der Waals surface area contributed by atoms with Crippen LogP contribution in [0.1, 0.15) is 0 Å². The predicted molar refractivity (Wildman–Crippen MR) is 219 cm³/mol. The van der Waals surface area contributed by atoms with E-state index in [9.17, 15) is 0 Å². The molecular weight excluding hydrogens is 663 g/mol. The van der Waals surface area contributed by atoms with Crippen molar-refractivity contribution in [2.45, 2.75) is 0 Å². The molecule has 5 heteroatoms. The Morgan fingerprint density at radius 3 is 1.44 bits per heavy atom. The Balaban J connectivity index is 1.13. The number of fused-ring (bicyclic) bond motifs is 7. The molecule has 0 saturated heterocycles. The predicted octanol–water partition coefficient (Wildman–Crippen LogP) is 13.2. The van der Waals surface area contributed by atoms with E-state index in [1.165, 1.54) is 11.1 Å². The van der Waals surface area contributed by atoms with Crippen LogP contribution in [0.15, 0.2) is 185 Å². The van der Waals surface area contributed by atoms with Crippen LogP contribution in [0, 0.1) is 0 Å². The van der Waals surface area contributed by atoms with Crippen LogP contribution >= 0.6 is 0 Å². The third kappa shape index (κ3) is 4.98. The fraction of sp³-hybridized carbons (Fsp3) is 0. The van der Waals surface area contributed by atoms with Gasteiger partial charge in [-0.3, -0.25) is 0 Å². The topological polar surface area (TPSA) is 65.0 Å². The van der Waals surface area contributed by atoms with Crippen LogP contribution in [-0.2, 0) is 0 Å². The number of hydrogen-bond donors (Lipinski definition) is 0. The summed E-state index contributed by atoms with van der Waals surface area (Å²) in [6, 6.07) is 60.5. The molecule has 11 rings (SSSR count). The Bertz CT molecular complexity index is 3220. The van der Waals surface area contributed by atoms with Crippen molar-refractivity contribution >= 4 is 54.6 Å². The fourth-order valence-electron chi connectivity index (χ4n) is 7.72. The van der Waals surface area contributed by atoms with E-state index in [1.54, 1.807) is 0 Å². The van der Waals surface area contributed by atoms with Crippen LogP contribution in [0.3, 0.4) is 0 Å². The molecule has 0 saturated carbocycles. The molecule has 5 nitrogen and oxygen atoms in total. The first-order valence-electron chi connectivity index (χ1n) is 18.0. The van der Waals surface area contributed by atoms with Gasteiger partial charge in [0.2, 0.25) is 0 Å². The SMILES string of the molecule is c1ccc(-c2ccc3cc(-c4nc(-c5cccc6oc7ccccc7c56)nc(-c5cccc6oc7cc(-c8ccccc8)ccc7c56)n4)ccc3c2)cc1. The zero-order valence-corrected chi connectivity index (χ0v) is 28.9. The van der Waals surface area contributed by atoms with Crippen LogP contribution in [-0.4, -0.2) is 15.0 Å². The molecule has 3 aromatic heterocycles. The van der Waals surface area contributed by atoms with Crippen LogP contribution in [0.5, 0.6) is 0 Å². The van der Waals surface area contributed by atoms with Gasteiger partial charge in [-0.1, -0.05) is 133 Å². The molecule has 0 atom stereocenters. The Morgan fingerprint density at radius 1 is 0.296 bits per heavy atom. The van der Waals surface area contributed by atoms with Crippen LogP contribution in [0.25, 0.3) is 111 Å². The highest BCUT2D eigenvalue weighted by Gasteiger charge is 2.21. The highest BCUT2D eigenvalue weighted by atomic mass is 16.3. The quantitative estimate of drug-likeness (QED) is 0.180. The first-order valence-corrected chi connectivity index (χ1v) is 18.0. The summed E-state index contributed by atoms with van der Waals surface area (Å²) in [5.74, 6) is 1.73.